The van der Waals surface area contributed by atoms with Gasteiger partial charge in [0.25, 0.3) is 0 Å². The average molecular weight is 289 g/mol. The molecule has 1 saturated carbocycles. The maximum Gasteiger partial charge on any atom is 0.209 e. The fourth-order valence-corrected chi connectivity index (χ4v) is 3.47. The Balaban J connectivity index is 2.35. The van der Waals surface area contributed by atoms with Gasteiger partial charge in [-0.15, -0.1) is 0 Å². The van der Waals surface area contributed by atoms with Crippen LogP contribution in [0.4, 0.5) is 8.78 Å². The molecule has 0 heterocycles. The van der Waals surface area contributed by atoms with Crippen molar-refractivity contribution in [2.24, 2.45) is 5.92 Å². The Kier molecular flexibility index (Phi) is 4.20. The van der Waals surface area contributed by atoms with Gasteiger partial charge in [-0.1, -0.05) is 18.9 Å². The van der Waals surface area contributed by atoms with Crippen LogP contribution in [0.5, 0.6) is 0 Å². The third-order valence-corrected chi connectivity index (χ3v) is 4.19. The quantitative estimate of drug-likeness (QED) is 0.926. The van der Waals surface area contributed by atoms with Crippen molar-refractivity contribution >= 4 is 10.0 Å². The van der Waals surface area contributed by atoms with Gasteiger partial charge in [0.15, 0.2) is 0 Å². The summed E-state index contributed by atoms with van der Waals surface area (Å²) in [5, 5.41) is 0. The van der Waals surface area contributed by atoms with Gasteiger partial charge in [-0.2, -0.15) is 0 Å². The van der Waals surface area contributed by atoms with E-state index in [4.69, 9.17) is 0 Å². The van der Waals surface area contributed by atoms with E-state index in [0.717, 1.165) is 44.1 Å². The number of hydrogen-bond donors (Lipinski definition) is 1. The largest absolute Gasteiger partial charge is 0.213 e. The molecular formula is C13H17F2NO2S. The Hall–Kier alpha value is -1.01. The Morgan fingerprint density at radius 1 is 1.26 bits per heavy atom. The van der Waals surface area contributed by atoms with Crippen LogP contribution in [0, 0.1) is 17.6 Å². The van der Waals surface area contributed by atoms with Crippen LogP contribution in [0.1, 0.15) is 37.3 Å². The predicted octanol–water partition coefficient (Wildman–Crippen LogP) is 2.75. The Bertz CT molecular complexity index is 554. The van der Waals surface area contributed by atoms with Gasteiger partial charge in [-0.3, -0.25) is 0 Å². The maximum atomic E-state index is 13.9. The molecule has 0 bridgehead atoms. The smallest absolute Gasteiger partial charge is 0.209 e. The zero-order valence-corrected chi connectivity index (χ0v) is 11.5. The molecule has 0 radical (unpaired) electrons. The van der Waals surface area contributed by atoms with Crippen LogP contribution in [0.25, 0.3) is 0 Å². The highest BCUT2D eigenvalue weighted by Crippen LogP contribution is 2.37. The molecule has 0 aliphatic heterocycles. The Morgan fingerprint density at radius 3 is 2.42 bits per heavy atom. The fourth-order valence-electron chi connectivity index (χ4n) is 2.69. The van der Waals surface area contributed by atoms with E-state index in [2.05, 4.69) is 4.72 Å². The second-order valence-corrected chi connectivity index (χ2v) is 6.86. The van der Waals surface area contributed by atoms with Crippen LogP contribution in [-0.4, -0.2) is 14.7 Å². The molecule has 2 rings (SSSR count). The van der Waals surface area contributed by atoms with Crippen LogP contribution in [0.15, 0.2) is 18.2 Å². The molecule has 0 amide bonds. The molecule has 1 N–H and O–H groups in total. The first-order chi connectivity index (χ1) is 8.87. The first kappa shape index (κ1) is 14.4. The van der Waals surface area contributed by atoms with Gasteiger partial charge in [0.05, 0.1) is 12.3 Å². The molecule has 1 fully saturated rings. The van der Waals surface area contributed by atoms with Crippen molar-refractivity contribution in [1.29, 1.82) is 0 Å². The molecule has 1 atom stereocenters. The molecule has 0 spiro atoms. The zero-order valence-electron chi connectivity index (χ0n) is 10.7. The topological polar surface area (TPSA) is 46.2 Å². The minimum Gasteiger partial charge on any atom is -0.213 e. The predicted molar refractivity (Wildman–Crippen MR) is 69.0 cm³/mol. The molecule has 1 aromatic carbocycles. The van der Waals surface area contributed by atoms with Gasteiger partial charge < -0.3 is 0 Å². The zero-order chi connectivity index (χ0) is 14.0. The van der Waals surface area contributed by atoms with Crippen molar-refractivity contribution in [1.82, 2.24) is 4.72 Å². The molecule has 6 heteroatoms. The number of hydrogen-bond acceptors (Lipinski definition) is 2. The van der Waals surface area contributed by atoms with Crippen LogP contribution in [0.3, 0.4) is 0 Å². The number of halogens is 2. The van der Waals surface area contributed by atoms with Crippen molar-refractivity contribution in [3.63, 3.8) is 0 Å². The standard InChI is InChI=1S/C13H17F2NO2S/c1-19(17,18)16-13(9-4-2-3-5-9)11-7-6-10(14)8-12(11)15/h6-9,13,16H,2-5H2,1H3. The SMILES string of the molecule is CS(=O)(=O)NC(c1ccc(F)cc1F)C1CCCC1. The molecule has 1 aliphatic rings. The van der Waals surface area contributed by atoms with Gasteiger partial charge >= 0.3 is 0 Å². The van der Waals surface area contributed by atoms with Gasteiger partial charge in [0, 0.05) is 11.6 Å². The molecule has 1 aromatic rings. The first-order valence-corrected chi connectivity index (χ1v) is 8.18. The third-order valence-electron chi connectivity index (χ3n) is 3.51. The monoisotopic (exact) mass is 289 g/mol. The Labute approximate surface area is 112 Å². The second-order valence-electron chi connectivity index (χ2n) is 5.08. The minimum absolute atomic E-state index is 0.0645. The number of nitrogens with one attached hydrogen (secondary N) is 1. The summed E-state index contributed by atoms with van der Waals surface area (Å²) >= 11 is 0. The Morgan fingerprint density at radius 2 is 1.89 bits per heavy atom. The van der Waals surface area contributed by atoms with Crippen LogP contribution in [-0.2, 0) is 10.0 Å². The summed E-state index contributed by atoms with van der Waals surface area (Å²) in [6.07, 6.45) is 4.77. The summed E-state index contributed by atoms with van der Waals surface area (Å²) in [5.74, 6) is -1.30. The summed E-state index contributed by atoms with van der Waals surface area (Å²) in [6, 6.07) is 2.66. The molecule has 19 heavy (non-hydrogen) atoms. The van der Waals surface area contributed by atoms with Crippen molar-refractivity contribution in [3.8, 4) is 0 Å². The molecule has 0 aromatic heterocycles. The van der Waals surface area contributed by atoms with Gasteiger partial charge in [-0.25, -0.2) is 21.9 Å². The van der Waals surface area contributed by atoms with Gasteiger partial charge in [0.1, 0.15) is 11.6 Å². The molecule has 106 valence electrons. The van der Waals surface area contributed by atoms with Crippen molar-refractivity contribution in [2.75, 3.05) is 6.26 Å². The summed E-state index contributed by atoms with van der Waals surface area (Å²) in [6.45, 7) is 0. The first-order valence-electron chi connectivity index (χ1n) is 6.29. The maximum absolute atomic E-state index is 13.9. The van der Waals surface area contributed by atoms with Crippen molar-refractivity contribution < 1.29 is 17.2 Å². The molecule has 1 aliphatic carbocycles. The summed E-state index contributed by atoms with van der Waals surface area (Å²) in [7, 11) is -3.45. The number of rotatable bonds is 4. The van der Waals surface area contributed by atoms with Crippen molar-refractivity contribution in [3.05, 3.63) is 35.4 Å². The second kappa shape index (κ2) is 5.54. The molecular weight excluding hydrogens is 272 g/mol. The highest BCUT2D eigenvalue weighted by atomic mass is 32.2. The summed E-state index contributed by atoms with van der Waals surface area (Å²) < 4.78 is 52.2. The van der Waals surface area contributed by atoms with E-state index in [9.17, 15) is 17.2 Å². The van der Waals surface area contributed by atoms with Crippen LogP contribution in [0.2, 0.25) is 0 Å². The van der Waals surface area contributed by atoms with Crippen LogP contribution >= 0.6 is 0 Å². The van der Waals surface area contributed by atoms with Gasteiger partial charge in [0.2, 0.25) is 10.0 Å². The third kappa shape index (κ3) is 3.73. The molecule has 0 saturated heterocycles. The van der Waals surface area contributed by atoms with E-state index in [1.165, 1.54) is 6.07 Å². The lowest BCUT2D eigenvalue weighted by Gasteiger charge is -2.24. The van der Waals surface area contributed by atoms with E-state index in [-0.39, 0.29) is 11.5 Å². The number of sulfonamides is 1. The van der Waals surface area contributed by atoms with Crippen LogP contribution < -0.4 is 4.72 Å². The lowest BCUT2D eigenvalue weighted by atomic mass is 9.92. The van der Waals surface area contributed by atoms with E-state index in [0.29, 0.717) is 0 Å². The molecule has 3 nitrogen and oxygen atoms in total. The summed E-state index contributed by atoms with van der Waals surface area (Å²) in [4.78, 5) is 0. The highest BCUT2D eigenvalue weighted by Gasteiger charge is 2.30. The van der Waals surface area contributed by atoms with E-state index < -0.39 is 27.7 Å². The van der Waals surface area contributed by atoms with E-state index >= 15 is 0 Å². The lowest BCUT2D eigenvalue weighted by molar-refractivity contribution is 0.397. The number of benzene rings is 1. The average Bonchev–Trinajstić information content (AvgIpc) is 2.78. The highest BCUT2D eigenvalue weighted by molar-refractivity contribution is 7.88. The minimum atomic E-state index is -3.45. The van der Waals surface area contributed by atoms with E-state index in [1.54, 1.807) is 0 Å². The molecule has 1 unspecified atom stereocenters. The van der Waals surface area contributed by atoms with Gasteiger partial charge in [-0.05, 0) is 24.8 Å². The summed E-state index contributed by atoms with van der Waals surface area (Å²) in [5.41, 5.74) is 0.221. The fraction of sp³-hybridized carbons (Fsp3) is 0.538. The normalized spacial score (nSPS) is 18.7. The van der Waals surface area contributed by atoms with E-state index in [1.807, 2.05) is 0 Å². The lowest BCUT2D eigenvalue weighted by Crippen LogP contribution is -2.32. The van der Waals surface area contributed by atoms with Crippen molar-refractivity contribution in [2.45, 2.75) is 31.7 Å².